The minimum atomic E-state index is -0.852. The first-order chi connectivity index (χ1) is 9.23. The molecule has 0 bridgehead atoms. The van der Waals surface area contributed by atoms with E-state index in [0.29, 0.717) is 32.0 Å². The third kappa shape index (κ3) is 4.80. The number of urea groups is 1. The standard InChI is InChI=1S/C13H23N3O4/c1-9(2)6-14-12(20)15-10(17)7-16-5-4-13(3,8-16)11(18)19/h9H,4-8H2,1-3H3,(H,18,19)(H2,14,15,17,20). The Labute approximate surface area is 118 Å². The number of aliphatic carboxylic acids is 1. The molecule has 1 saturated heterocycles. The number of nitrogens with one attached hydrogen (secondary N) is 2. The second-order valence-electron chi connectivity index (χ2n) is 5.98. The Hall–Kier alpha value is -1.63. The lowest BCUT2D eigenvalue weighted by Gasteiger charge is -2.19. The number of nitrogens with zero attached hydrogens (tertiary/aromatic N) is 1. The summed E-state index contributed by atoms with van der Waals surface area (Å²) < 4.78 is 0. The van der Waals surface area contributed by atoms with Gasteiger partial charge in [0.25, 0.3) is 0 Å². The van der Waals surface area contributed by atoms with Crippen molar-refractivity contribution in [1.29, 1.82) is 0 Å². The number of carbonyl (C=O) groups is 3. The minimum Gasteiger partial charge on any atom is -0.481 e. The SMILES string of the molecule is CC(C)CNC(=O)NC(=O)CN1CCC(C)(C(=O)O)C1. The third-order valence-electron chi connectivity index (χ3n) is 3.36. The Kier molecular flexibility index (Phi) is 5.50. The lowest BCUT2D eigenvalue weighted by atomic mass is 9.90. The highest BCUT2D eigenvalue weighted by atomic mass is 16.4. The lowest BCUT2D eigenvalue weighted by molar-refractivity contribution is -0.147. The second-order valence-corrected chi connectivity index (χ2v) is 5.98. The molecule has 1 aliphatic rings. The highest BCUT2D eigenvalue weighted by Gasteiger charge is 2.40. The molecule has 3 amide bonds. The van der Waals surface area contributed by atoms with Gasteiger partial charge in [-0.25, -0.2) is 4.79 Å². The Morgan fingerprint density at radius 2 is 2.00 bits per heavy atom. The molecule has 0 saturated carbocycles. The topological polar surface area (TPSA) is 98.7 Å². The van der Waals surface area contributed by atoms with Crippen LogP contribution < -0.4 is 10.6 Å². The van der Waals surface area contributed by atoms with Crippen molar-refractivity contribution in [2.75, 3.05) is 26.2 Å². The first kappa shape index (κ1) is 16.4. The van der Waals surface area contributed by atoms with Gasteiger partial charge >= 0.3 is 12.0 Å². The average Bonchev–Trinajstić information content (AvgIpc) is 2.69. The number of carboxylic acids is 1. The van der Waals surface area contributed by atoms with Gasteiger partial charge in [-0.1, -0.05) is 13.8 Å². The van der Waals surface area contributed by atoms with Crippen molar-refractivity contribution in [1.82, 2.24) is 15.5 Å². The molecule has 0 aromatic heterocycles. The monoisotopic (exact) mass is 285 g/mol. The van der Waals surface area contributed by atoms with Crippen LogP contribution >= 0.6 is 0 Å². The number of imide groups is 1. The zero-order valence-electron chi connectivity index (χ0n) is 12.2. The molecule has 0 aliphatic carbocycles. The van der Waals surface area contributed by atoms with Gasteiger partial charge in [0.05, 0.1) is 12.0 Å². The maximum Gasteiger partial charge on any atom is 0.321 e. The van der Waals surface area contributed by atoms with E-state index in [-0.39, 0.29) is 6.54 Å². The summed E-state index contributed by atoms with van der Waals surface area (Å²) in [6.45, 7) is 6.99. The molecule has 3 N–H and O–H groups in total. The summed E-state index contributed by atoms with van der Waals surface area (Å²) in [6, 6.07) is -0.510. The van der Waals surface area contributed by atoms with E-state index in [9.17, 15) is 14.4 Å². The maximum atomic E-state index is 11.7. The molecule has 7 heteroatoms. The molecule has 1 unspecified atom stereocenters. The van der Waals surface area contributed by atoms with Crippen LogP contribution in [0.1, 0.15) is 27.2 Å². The first-order valence-electron chi connectivity index (χ1n) is 6.76. The quantitative estimate of drug-likeness (QED) is 0.673. The average molecular weight is 285 g/mol. The van der Waals surface area contributed by atoms with Gasteiger partial charge < -0.3 is 10.4 Å². The Morgan fingerprint density at radius 1 is 1.35 bits per heavy atom. The Bertz CT molecular complexity index is 397. The van der Waals surface area contributed by atoms with Crippen LogP contribution in [0.25, 0.3) is 0 Å². The van der Waals surface area contributed by atoms with Crippen molar-refractivity contribution in [3.8, 4) is 0 Å². The zero-order valence-corrected chi connectivity index (χ0v) is 12.2. The van der Waals surface area contributed by atoms with Crippen molar-refractivity contribution in [3.05, 3.63) is 0 Å². The molecule has 1 heterocycles. The molecular formula is C13H23N3O4. The molecule has 1 fully saturated rings. The van der Waals surface area contributed by atoms with Crippen LogP contribution in [0.4, 0.5) is 4.79 Å². The number of carboxylic acid groups (broad SMARTS) is 1. The lowest BCUT2D eigenvalue weighted by Crippen LogP contribution is -2.45. The predicted molar refractivity (Wildman–Crippen MR) is 73.2 cm³/mol. The largest absolute Gasteiger partial charge is 0.481 e. The van der Waals surface area contributed by atoms with Gasteiger partial charge in [0.1, 0.15) is 0 Å². The molecule has 7 nitrogen and oxygen atoms in total. The molecule has 1 rings (SSSR count). The van der Waals surface area contributed by atoms with Crippen LogP contribution in [-0.2, 0) is 9.59 Å². The van der Waals surface area contributed by atoms with Crippen LogP contribution in [0, 0.1) is 11.3 Å². The van der Waals surface area contributed by atoms with E-state index in [2.05, 4.69) is 10.6 Å². The van der Waals surface area contributed by atoms with Crippen LogP contribution in [0.3, 0.4) is 0 Å². The van der Waals surface area contributed by atoms with Gasteiger partial charge in [-0.2, -0.15) is 0 Å². The van der Waals surface area contributed by atoms with E-state index < -0.39 is 23.3 Å². The summed E-state index contributed by atoms with van der Waals surface area (Å²) in [5.74, 6) is -0.957. The molecule has 20 heavy (non-hydrogen) atoms. The molecule has 1 atom stereocenters. The van der Waals surface area contributed by atoms with Gasteiger partial charge in [-0.05, 0) is 25.8 Å². The summed E-state index contributed by atoms with van der Waals surface area (Å²) in [5, 5.41) is 13.9. The van der Waals surface area contributed by atoms with E-state index >= 15 is 0 Å². The molecule has 0 aromatic carbocycles. The highest BCUT2D eigenvalue weighted by molar-refractivity contribution is 5.95. The minimum absolute atomic E-state index is 0.0397. The van der Waals surface area contributed by atoms with Crippen molar-refractivity contribution in [2.24, 2.45) is 11.3 Å². The van der Waals surface area contributed by atoms with E-state index in [1.807, 2.05) is 13.8 Å². The van der Waals surface area contributed by atoms with Crippen molar-refractivity contribution >= 4 is 17.9 Å². The van der Waals surface area contributed by atoms with Crippen LogP contribution in [-0.4, -0.2) is 54.1 Å². The number of carbonyl (C=O) groups excluding carboxylic acids is 2. The van der Waals surface area contributed by atoms with E-state index in [1.54, 1.807) is 11.8 Å². The number of hydrogen-bond acceptors (Lipinski definition) is 4. The fraction of sp³-hybridized carbons (Fsp3) is 0.769. The third-order valence-corrected chi connectivity index (χ3v) is 3.36. The normalized spacial score (nSPS) is 22.8. The Morgan fingerprint density at radius 3 is 2.50 bits per heavy atom. The number of amides is 3. The number of likely N-dealkylation sites (tertiary alicyclic amines) is 1. The fourth-order valence-electron chi connectivity index (χ4n) is 2.08. The summed E-state index contributed by atoms with van der Waals surface area (Å²) >= 11 is 0. The summed E-state index contributed by atoms with van der Waals surface area (Å²) in [4.78, 5) is 35.9. The summed E-state index contributed by atoms with van der Waals surface area (Å²) in [6.07, 6.45) is 0.509. The number of hydrogen-bond donors (Lipinski definition) is 3. The van der Waals surface area contributed by atoms with E-state index in [0.717, 1.165) is 0 Å². The molecular weight excluding hydrogens is 262 g/mol. The van der Waals surface area contributed by atoms with E-state index in [1.165, 1.54) is 0 Å². The fourth-order valence-corrected chi connectivity index (χ4v) is 2.08. The van der Waals surface area contributed by atoms with E-state index in [4.69, 9.17) is 5.11 Å². The molecule has 114 valence electrons. The molecule has 1 aliphatic heterocycles. The number of rotatable bonds is 5. The maximum absolute atomic E-state index is 11.7. The van der Waals surface area contributed by atoms with Gasteiger partial charge in [0.2, 0.25) is 5.91 Å². The molecule has 0 aromatic rings. The predicted octanol–water partition coefficient (Wildman–Crippen LogP) is 0.265. The van der Waals surface area contributed by atoms with Crippen LogP contribution in [0.15, 0.2) is 0 Å². The summed E-state index contributed by atoms with van der Waals surface area (Å²) in [5.41, 5.74) is -0.805. The summed E-state index contributed by atoms with van der Waals surface area (Å²) in [7, 11) is 0. The van der Waals surface area contributed by atoms with Gasteiger partial charge in [0, 0.05) is 13.1 Å². The van der Waals surface area contributed by atoms with Crippen molar-refractivity contribution < 1.29 is 19.5 Å². The molecule has 0 radical (unpaired) electrons. The second kappa shape index (κ2) is 6.69. The van der Waals surface area contributed by atoms with Crippen LogP contribution in [0.5, 0.6) is 0 Å². The molecule has 0 spiro atoms. The smallest absolute Gasteiger partial charge is 0.321 e. The first-order valence-corrected chi connectivity index (χ1v) is 6.76. The van der Waals surface area contributed by atoms with Crippen molar-refractivity contribution in [3.63, 3.8) is 0 Å². The van der Waals surface area contributed by atoms with Gasteiger partial charge in [-0.15, -0.1) is 0 Å². The Balaban J connectivity index is 2.34. The van der Waals surface area contributed by atoms with Gasteiger partial charge in [-0.3, -0.25) is 19.8 Å². The highest BCUT2D eigenvalue weighted by Crippen LogP contribution is 2.29. The van der Waals surface area contributed by atoms with Gasteiger partial charge in [0.15, 0.2) is 0 Å². The van der Waals surface area contributed by atoms with Crippen LogP contribution in [0.2, 0.25) is 0 Å². The van der Waals surface area contributed by atoms with Crippen molar-refractivity contribution in [2.45, 2.75) is 27.2 Å². The zero-order chi connectivity index (χ0) is 15.3.